The van der Waals surface area contributed by atoms with Crippen LogP contribution in [0.4, 0.5) is 8.78 Å². The van der Waals surface area contributed by atoms with E-state index in [1.807, 2.05) is 0 Å². The average Bonchev–Trinajstić information content (AvgIpc) is 2.35. The molecule has 0 aliphatic rings. The Labute approximate surface area is 113 Å². The minimum Gasteiger partial charge on any atom is -0.345 e. The zero-order chi connectivity index (χ0) is 14.4. The van der Waals surface area contributed by atoms with E-state index in [2.05, 4.69) is 0 Å². The van der Waals surface area contributed by atoms with Crippen LogP contribution < -0.4 is 5.73 Å². The molecule has 0 aliphatic heterocycles. The summed E-state index contributed by atoms with van der Waals surface area (Å²) >= 11 is 0. The van der Waals surface area contributed by atoms with E-state index in [0.717, 1.165) is 12.1 Å². The number of nitrogens with two attached hydrogens (primary N) is 1. The normalized spacial score (nSPS) is 12.2. The Balaban J connectivity index is 2.66. The molecule has 0 aliphatic carbocycles. The van der Waals surface area contributed by atoms with E-state index in [-0.39, 0.29) is 16.6 Å². The Morgan fingerprint density at radius 3 is 2.68 bits per heavy atom. The van der Waals surface area contributed by atoms with Crippen LogP contribution in [0.3, 0.4) is 0 Å². The van der Waals surface area contributed by atoms with Crippen LogP contribution >= 0.6 is 0 Å². The van der Waals surface area contributed by atoms with E-state index < -0.39 is 22.4 Å². The summed E-state index contributed by atoms with van der Waals surface area (Å²) in [5.74, 6) is -2.35. The van der Waals surface area contributed by atoms with Gasteiger partial charge in [-0.3, -0.25) is 9.00 Å². The van der Waals surface area contributed by atoms with Gasteiger partial charge in [-0.1, -0.05) is 0 Å². The molecule has 4 nitrogen and oxygen atoms in total. The minimum atomic E-state index is -1.82. The lowest BCUT2D eigenvalue weighted by Gasteiger charge is -2.16. The molecular formula is C12H16F2N2O2S. The van der Waals surface area contributed by atoms with Gasteiger partial charge in [-0.25, -0.2) is 8.78 Å². The van der Waals surface area contributed by atoms with Gasteiger partial charge < -0.3 is 10.6 Å². The lowest BCUT2D eigenvalue weighted by atomic mass is 10.3. The fourth-order valence-corrected chi connectivity index (χ4v) is 2.51. The van der Waals surface area contributed by atoms with Crippen molar-refractivity contribution in [3.05, 3.63) is 29.8 Å². The van der Waals surface area contributed by atoms with E-state index in [4.69, 9.17) is 5.73 Å². The molecule has 0 saturated heterocycles. The molecule has 106 valence electrons. The van der Waals surface area contributed by atoms with Crippen LogP contribution in [0.2, 0.25) is 0 Å². The average molecular weight is 290 g/mol. The molecule has 0 saturated carbocycles. The summed E-state index contributed by atoms with van der Waals surface area (Å²) in [4.78, 5) is 12.9. The van der Waals surface area contributed by atoms with E-state index in [1.165, 1.54) is 4.90 Å². The van der Waals surface area contributed by atoms with Crippen LogP contribution in [0.5, 0.6) is 0 Å². The van der Waals surface area contributed by atoms with Crippen LogP contribution in [0.15, 0.2) is 23.1 Å². The Kier molecular flexibility index (Phi) is 6.04. The molecule has 0 spiro atoms. The van der Waals surface area contributed by atoms with Crippen molar-refractivity contribution >= 4 is 16.7 Å². The second-order valence-electron chi connectivity index (χ2n) is 4.02. The topological polar surface area (TPSA) is 63.4 Å². The highest BCUT2D eigenvalue weighted by Crippen LogP contribution is 2.14. The molecule has 2 N–H and O–H groups in total. The van der Waals surface area contributed by atoms with Crippen LogP contribution in [0, 0.1) is 11.6 Å². The van der Waals surface area contributed by atoms with Crippen molar-refractivity contribution in [2.75, 3.05) is 25.9 Å². The molecule has 1 aromatic carbocycles. The lowest BCUT2D eigenvalue weighted by Crippen LogP contribution is -2.32. The van der Waals surface area contributed by atoms with Crippen molar-refractivity contribution in [2.45, 2.75) is 11.3 Å². The van der Waals surface area contributed by atoms with Crippen LogP contribution in [-0.2, 0) is 15.6 Å². The predicted molar refractivity (Wildman–Crippen MR) is 68.9 cm³/mol. The summed E-state index contributed by atoms with van der Waals surface area (Å²) in [5, 5.41) is 0. The summed E-state index contributed by atoms with van der Waals surface area (Å²) in [5.41, 5.74) is 5.32. The molecule has 19 heavy (non-hydrogen) atoms. The summed E-state index contributed by atoms with van der Waals surface area (Å²) in [7, 11) is -0.258. The van der Waals surface area contributed by atoms with Crippen LogP contribution in [0.25, 0.3) is 0 Å². The number of rotatable bonds is 6. The van der Waals surface area contributed by atoms with Gasteiger partial charge in [-0.2, -0.15) is 0 Å². The molecule has 1 rings (SSSR count). The number of halogens is 2. The molecular weight excluding hydrogens is 274 g/mol. The molecule has 0 aromatic heterocycles. The third-order valence-corrected chi connectivity index (χ3v) is 3.85. The van der Waals surface area contributed by atoms with Crippen LogP contribution in [-0.4, -0.2) is 40.9 Å². The first-order valence-electron chi connectivity index (χ1n) is 5.73. The Morgan fingerprint density at radius 1 is 1.42 bits per heavy atom. The van der Waals surface area contributed by atoms with Crippen molar-refractivity contribution < 1.29 is 17.8 Å². The van der Waals surface area contributed by atoms with Gasteiger partial charge >= 0.3 is 0 Å². The standard InChI is InChI=1S/C12H16F2N2O2S/c1-16(6-2-5-15)12(17)8-19(18)11-4-3-9(13)7-10(11)14/h3-4,7H,2,5-6,8,15H2,1H3. The maximum Gasteiger partial charge on any atom is 0.235 e. The summed E-state index contributed by atoms with van der Waals surface area (Å²) in [6.07, 6.45) is 0.639. The maximum absolute atomic E-state index is 13.4. The first kappa shape index (κ1) is 15.7. The zero-order valence-corrected chi connectivity index (χ0v) is 11.4. The molecule has 0 bridgehead atoms. The van der Waals surface area contributed by atoms with E-state index in [0.29, 0.717) is 25.6 Å². The first-order valence-corrected chi connectivity index (χ1v) is 7.05. The van der Waals surface area contributed by atoms with Gasteiger partial charge in [-0.05, 0) is 25.1 Å². The smallest absolute Gasteiger partial charge is 0.235 e. The highest BCUT2D eigenvalue weighted by molar-refractivity contribution is 7.85. The van der Waals surface area contributed by atoms with Crippen molar-refractivity contribution in [1.82, 2.24) is 4.90 Å². The number of benzene rings is 1. The molecule has 0 fully saturated rings. The highest BCUT2D eigenvalue weighted by Gasteiger charge is 2.17. The number of hydrogen-bond donors (Lipinski definition) is 1. The number of nitrogens with zero attached hydrogens (tertiary/aromatic N) is 1. The van der Waals surface area contributed by atoms with E-state index >= 15 is 0 Å². The molecule has 1 unspecified atom stereocenters. The summed E-state index contributed by atoms with van der Waals surface area (Å²) in [6.45, 7) is 0.908. The third-order valence-electron chi connectivity index (χ3n) is 2.52. The quantitative estimate of drug-likeness (QED) is 0.846. The molecule has 0 heterocycles. The lowest BCUT2D eigenvalue weighted by molar-refractivity contribution is -0.127. The monoisotopic (exact) mass is 290 g/mol. The Bertz CT molecular complexity index is 483. The molecule has 1 amide bonds. The fourth-order valence-electron chi connectivity index (χ4n) is 1.41. The van der Waals surface area contributed by atoms with Crippen molar-refractivity contribution in [1.29, 1.82) is 0 Å². The largest absolute Gasteiger partial charge is 0.345 e. The van der Waals surface area contributed by atoms with Gasteiger partial charge in [0.1, 0.15) is 17.4 Å². The Morgan fingerprint density at radius 2 is 2.11 bits per heavy atom. The van der Waals surface area contributed by atoms with E-state index in [1.54, 1.807) is 7.05 Å². The van der Waals surface area contributed by atoms with Gasteiger partial charge in [0.15, 0.2) is 0 Å². The summed E-state index contributed by atoms with van der Waals surface area (Å²) in [6, 6.07) is 2.75. The number of amides is 1. The van der Waals surface area contributed by atoms with Crippen molar-refractivity contribution in [3.63, 3.8) is 0 Å². The van der Waals surface area contributed by atoms with E-state index in [9.17, 15) is 17.8 Å². The van der Waals surface area contributed by atoms with Gasteiger partial charge in [0.2, 0.25) is 5.91 Å². The molecule has 1 aromatic rings. The van der Waals surface area contributed by atoms with Crippen LogP contribution in [0.1, 0.15) is 6.42 Å². The van der Waals surface area contributed by atoms with Gasteiger partial charge in [-0.15, -0.1) is 0 Å². The second kappa shape index (κ2) is 7.30. The second-order valence-corrected chi connectivity index (χ2v) is 5.44. The van der Waals surface area contributed by atoms with Gasteiger partial charge in [0.25, 0.3) is 0 Å². The zero-order valence-electron chi connectivity index (χ0n) is 10.6. The number of carbonyl (C=O) groups is 1. The summed E-state index contributed by atoms with van der Waals surface area (Å²) < 4.78 is 37.9. The highest BCUT2D eigenvalue weighted by atomic mass is 32.2. The first-order chi connectivity index (χ1) is 8.95. The van der Waals surface area contributed by atoms with Crippen molar-refractivity contribution in [2.24, 2.45) is 5.73 Å². The number of carbonyl (C=O) groups excluding carboxylic acids is 1. The van der Waals surface area contributed by atoms with Crippen molar-refractivity contribution in [3.8, 4) is 0 Å². The number of hydrogen-bond acceptors (Lipinski definition) is 3. The van der Waals surface area contributed by atoms with Gasteiger partial charge in [0, 0.05) is 19.7 Å². The SMILES string of the molecule is CN(CCCN)C(=O)CS(=O)c1ccc(F)cc1F. The third kappa shape index (κ3) is 4.68. The molecule has 0 radical (unpaired) electrons. The minimum absolute atomic E-state index is 0.165. The molecule has 1 atom stereocenters. The van der Waals surface area contributed by atoms with Gasteiger partial charge in [0.05, 0.1) is 15.7 Å². The molecule has 7 heteroatoms. The predicted octanol–water partition coefficient (Wildman–Crippen LogP) is 0.880. The maximum atomic E-state index is 13.4. The Hall–Kier alpha value is -1.34. The fraction of sp³-hybridized carbons (Fsp3) is 0.417.